The van der Waals surface area contributed by atoms with E-state index in [1.54, 1.807) is 0 Å². The predicted molar refractivity (Wildman–Crippen MR) is 228 cm³/mol. The number of hydrogen-bond acceptors (Lipinski definition) is 2. The number of fused-ring (bicyclic) bond motifs is 14. The van der Waals surface area contributed by atoms with Crippen molar-refractivity contribution in [3.63, 3.8) is 0 Å². The topological polar surface area (TPSA) is 16.4 Å². The summed E-state index contributed by atoms with van der Waals surface area (Å²) in [5, 5.41) is 4.60. The third-order valence-electron chi connectivity index (χ3n) is 12.1. The van der Waals surface area contributed by atoms with E-state index in [9.17, 15) is 0 Å². The third kappa shape index (κ3) is 4.14. The number of benzene rings is 9. The molecule has 256 valence electrons. The third-order valence-corrected chi connectivity index (χ3v) is 12.1. The van der Waals surface area contributed by atoms with Gasteiger partial charge in [0.15, 0.2) is 0 Å². The summed E-state index contributed by atoms with van der Waals surface area (Å²) in [5.74, 6) is 0. The molecular formula is C53H33NO. The number of anilines is 3. The highest BCUT2D eigenvalue weighted by molar-refractivity contribution is 6.15. The fourth-order valence-electron chi connectivity index (χ4n) is 9.83. The first kappa shape index (κ1) is 30.3. The van der Waals surface area contributed by atoms with Crippen molar-refractivity contribution in [2.24, 2.45) is 0 Å². The van der Waals surface area contributed by atoms with Crippen LogP contribution >= 0.6 is 0 Å². The molecule has 0 bridgehead atoms. The molecule has 9 aromatic carbocycles. The fourth-order valence-corrected chi connectivity index (χ4v) is 9.83. The highest BCUT2D eigenvalue weighted by Gasteiger charge is 2.52. The molecule has 1 aromatic heterocycles. The molecule has 0 unspecified atom stereocenters. The van der Waals surface area contributed by atoms with Gasteiger partial charge in [0.1, 0.15) is 11.2 Å². The molecule has 55 heavy (non-hydrogen) atoms. The molecule has 12 rings (SSSR count). The summed E-state index contributed by atoms with van der Waals surface area (Å²) in [7, 11) is 0. The summed E-state index contributed by atoms with van der Waals surface area (Å²) in [6, 6.07) is 73.4. The van der Waals surface area contributed by atoms with Crippen LogP contribution in [-0.2, 0) is 5.41 Å². The Labute approximate surface area is 319 Å². The second-order valence-corrected chi connectivity index (χ2v) is 14.8. The van der Waals surface area contributed by atoms with E-state index in [1.807, 2.05) is 6.07 Å². The van der Waals surface area contributed by atoms with Crippen LogP contribution in [0.5, 0.6) is 0 Å². The van der Waals surface area contributed by atoms with E-state index in [4.69, 9.17) is 4.42 Å². The van der Waals surface area contributed by atoms with Gasteiger partial charge in [0.05, 0.1) is 22.2 Å². The van der Waals surface area contributed by atoms with Crippen LogP contribution in [0.4, 0.5) is 17.1 Å². The van der Waals surface area contributed by atoms with Crippen LogP contribution in [0.1, 0.15) is 22.3 Å². The molecule has 10 aromatic rings. The molecule has 0 N–H and O–H groups in total. The van der Waals surface area contributed by atoms with Gasteiger partial charge in [0.2, 0.25) is 0 Å². The van der Waals surface area contributed by atoms with E-state index in [0.717, 1.165) is 39.0 Å². The van der Waals surface area contributed by atoms with Gasteiger partial charge in [-0.3, -0.25) is 0 Å². The lowest BCUT2D eigenvalue weighted by Gasteiger charge is -2.33. The molecule has 2 aliphatic carbocycles. The molecule has 2 heteroatoms. The Bertz CT molecular complexity index is 3120. The lowest BCUT2D eigenvalue weighted by atomic mass is 9.70. The minimum absolute atomic E-state index is 0.503. The van der Waals surface area contributed by atoms with Crippen LogP contribution in [0.15, 0.2) is 205 Å². The first-order chi connectivity index (χ1) is 27.3. The van der Waals surface area contributed by atoms with E-state index in [0.29, 0.717) is 0 Å². The zero-order valence-corrected chi connectivity index (χ0v) is 29.9. The van der Waals surface area contributed by atoms with Gasteiger partial charge >= 0.3 is 0 Å². The van der Waals surface area contributed by atoms with Crippen molar-refractivity contribution >= 4 is 49.8 Å². The zero-order chi connectivity index (χ0) is 36.1. The number of rotatable bonds is 4. The van der Waals surface area contributed by atoms with E-state index in [-0.39, 0.29) is 0 Å². The fraction of sp³-hybridized carbons (Fsp3) is 0.0189. The van der Waals surface area contributed by atoms with Crippen LogP contribution < -0.4 is 4.90 Å². The standard InChI is InChI=1S/C53H33NO/c1-2-14-34(15-3-1)36-28-30-41-42-31-29-37(33-47(42)53(46(41)32-36)44-22-9-6-19-39(44)40-20-7-10-23-45(40)53)54(48-24-12-17-35-16-4-5-18-38(35)48)49-25-13-27-51-52(49)43-21-8-11-26-50(43)55-51/h1-33H. The Balaban J connectivity index is 1.19. The Morgan fingerprint density at radius 1 is 0.364 bits per heavy atom. The maximum atomic E-state index is 6.49. The first-order valence-electron chi connectivity index (χ1n) is 19.0. The smallest absolute Gasteiger partial charge is 0.137 e. The van der Waals surface area contributed by atoms with E-state index in [1.165, 1.54) is 66.4 Å². The number of nitrogens with zero attached hydrogens (tertiary/aromatic N) is 1. The Kier molecular flexibility index (Phi) is 6.29. The van der Waals surface area contributed by atoms with Crippen LogP contribution in [-0.4, -0.2) is 0 Å². The normalized spacial score (nSPS) is 13.2. The average molecular weight is 700 g/mol. The Hall–Kier alpha value is -7.16. The van der Waals surface area contributed by atoms with Crippen LogP contribution in [0.3, 0.4) is 0 Å². The molecule has 0 amide bonds. The largest absolute Gasteiger partial charge is 0.456 e. The van der Waals surface area contributed by atoms with Crippen molar-refractivity contribution in [2.75, 3.05) is 4.90 Å². The second kappa shape index (κ2) is 11.4. The molecule has 2 aliphatic rings. The summed E-state index contributed by atoms with van der Waals surface area (Å²) >= 11 is 0. The predicted octanol–water partition coefficient (Wildman–Crippen LogP) is 14.2. The van der Waals surface area contributed by atoms with Crippen molar-refractivity contribution in [1.82, 2.24) is 0 Å². The van der Waals surface area contributed by atoms with Crippen molar-refractivity contribution in [3.8, 4) is 33.4 Å². The lowest BCUT2D eigenvalue weighted by Crippen LogP contribution is -2.26. The van der Waals surface area contributed by atoms with Crippen LogP contribution in [0, 0.1) is 0 Å². The van der Waals surface area contributed by atoms with Gasteiger partial charge in [-0.15, -0.1) is 0 Å². The van der Waals surface area contributed by atoms with Gasteiger partial charge in [-0.25, -0.2) is 0 Å². The van der Waals surface area contributed by atoms with Gasteiger partial charge in [0, 0.05) is 16.5 Å². The summed E-state index contributed by atoms with van der Waals surface area (Å²) < 4.78 is 6.49. The van der Waals surface area contributed by atoms with Gasteiger partial charge in [-0.1, -0.05) is 158 Å². The lowest BCUT2D eigenvalue weighted by molar-refractivity contribution is 0.669. The van der Waals surface area contributed by atoms with E-state index >= 15 is 0 Å². The van der Waals surface area contributed by atoms with Crippen molar-refractivity contribution < 1.29 is 4.42 Å². The van der Waals surface area contributed by atoms with Crippen LogP contribution in [0.25, 0.3) is 66.1 Å². The second-order valence-electron chi connectivity index (χ2n) is 14.8. The monoisotopic (exact) mass is 699 g/mol. The molecule has 2 nitrogen and oxygen atoms in total. The van der Waals surface area contributed by atoms with Crippen molar-refractivity contribution in [2.45, 2.75) is 5.41 Å². The summed E-state index contributed by atoms with van der Waals surface area (Å²) in [4.78, 5) is 2.46. The van der Waals surface area contributed by atoms with Crippen molar-refractivity contribution in [3.05, 3.63) is 222 Å². The quantitative estimate of drug-likeness (QED) is 0.182. The number of hydrogen-bond donors (Lipinski definition) is 0. The molecule has 0 radical (unpaired) electrons. The molecule has 0 aliphatic heterocycles. The Morgan fingerprint density at radius 2 is 0.945 bits per heavy atom. The minimum atomic E-state index is -0.503. The maximum absolute atomic E-state index is 6.49. The van der Waals surface area contributed by atoms with Gasteiger partial charge in [-0.05, 0) is 103 Å². The van der Waals surface area contributed by atoms with Gasteiger partial charge in [-0.2, -0.15) is 0 Å². The first-order valence-corrected chi connectivity index (χ1v) is 19.0. The summed E-state index contributed by atoms with van der Waals surface area (Å²) in [5.41, 5.74) is 17.5. The molecule has 0 fully saturated rings. The number of para-hydroxylation sites is 1. The van der Waals surface area contributed by atoms with E-state index in [2.05, 4.69) is 199 Å². The van der Waals surface area contributed by atoms with E-state index < -0.39 is 5.41 Å². The number of furan rings is 1. The summed E-state index contributed by atoms with van der Waals surface area (Å²) in [6.07, 6.45) is 0. The highest BCUT2D eigenvalue weighted by atomic mass is 16.3. The molecule has 1 heterocycles. The summed E-state index contributed by atoms with van der Waals surface area (Å²) in [6.45, 7) is 0. The van der Waals surface area contributed by atoms with Crippen molar-refractivity contribution in [1.29, 1.82) is 0 Å². The molecule has 0 atom stereocenters. The minimum Gasteiger partial charge on any atom is -0.456 e. The SMILES string of the molecule is c1ccc(-c2ccc3c(c2)C2(c4ccccc4-c4ccccc42)c2cc(N(c4cccc5ccccc45)c4cccc5oc6ccccc6c45)ccc2-3)cc1. The molecular weight excluding hydrogens is 667 g/mol. The molecule has 0 saturated heterocycles. The van der Waals surface area contributed by atoms with Crippen LogP contribution in [0.2, 0.25) is 0 Å². The zero-order valence-electron chi connectivity index (χ0n) is 29.9. The average Bonchev–Trinajstić information content (AvgIpc) is 3.88. The Morgan fingerprint density at radius 3 is 1.76 bits per heavy atom. The van der Waals surface area contributed by atoms with Gasteiger partial charge < -0.3 is 9.32 Å². The maximum Gasteiger partial charge on any atom is 0.137 e. The van der Waals surface area contributed by atoms with Gasteiger partial charge in [0.25, 0.3) is 0 Å². The molecule has 0 saturated carbocycles. The molecule has 1 spiro atoms. The highest BCUT2D eigenvalue weighted by Crippen LogP contribution is 2.64.